The van der Waals surface area contributed by atoms with Gasteiger partial charge in [0.1, 0.15) is 17.1 Å². The highest BCUT2D eigenvalue weighted by Gasteiger charge is 2.17. The summed E-state index contributed by atoms with van der Waals surface area (Å²) in [5.41, 5.74) is 2.08. The average Bonchev–Trinajstić information content (AvgIpc) is 2.77. The lowest BCUT2D eigenvalue weighted by atomic mass is 10.2. The molecule has 0 saturated carbocycles. The van der Waals surface area contributed by atoms with Gasteiger partial charge in [0.25, 0.3) is 0 Å². The van der Waals surface area contributed by atoms with Gasteiger partial charge in [0, 0.05) is 18.3 Å². The molecule has 0 spiro atoms. The van der Waals surface area contributed by atoms with Crippen LogP contribution in [0.2, 0.25) is 0 Å². The Balaban J connectivity index is 2.60. The number of benzene rings is 1. The van der Waals surface area contributed by atoms with Gasteiger partial charge in [-0.3, -0.25) is 0 Å². The zero-order chi connectivity index (χ0) is 14.7. The second kappa shape index (κ2) is 6.49. The highest BCUT2D eigenvalue weighted by atomic mass is 35.5. The first-order chi connectivity index (χ1) is 9.58. The molecule has 4 heteroatoms. The van der Waals surface area contributed by atoms with Crippen molar-refractivity contribution in [2.24, 2.45) is 0 Å². The third-order valence-corrected chi connectivity index (χ3v) is 3.66. The van der Waals surface area contributed by atoms with Gasteiger partial charge in [0.05, 0.1) is 11.6 Å². The Kier molecular flexibility index (Phi) is 4.92. The third kappa shape index (κ3) is 2.93. The molecule has 1 aromatic heterocycles. The number of halogens is 1. The summed E-state index contributed by atoms with van der Waals surface area (Å²) in [7, 11) is 0. The second-order valence-electron chi connectivity index (χ2n) is 5.38. The summed E-state index contributed by atoms with van der Waals surface area (Å²) in [5, 5.41) is 0. The molecule has 0 saturated heterocycles. The highest BCUT2D eigenvalue weighted by Crippen LogP contribution is 2.30. The van der Waals surface area contributed by atoms with Crippen molar-refractivity contribution in [3.63, 3.8) is 0 Å². The van der Waals surface area contributed by atoms with Crippen molar-refractivity contribution in [3.8, 4) is 5.75 Å². The van der Waals surface area contributed by atoms with Crippen LogP contribution in [0.3, 0.4) is 0 Å². The van der Waals surface area contributed by atoms with E-state index in [2.05, 4.69) is 24.5 Å². The van der Waals surface area contributed by atoms with Crippen LogP contribution < -0.4 is 4.74 Å². The molecular weight excluding hydrogens is 272 g/mol. The summed E-state index contributed by atoms with van der Waals surface area (Å²) in [6.07, 6.45) is 1.99. The Morgan fingerprint density at radius 3 is 2.65 bits per heavy atom. The van der Waals surface area contributed by atoms with Gasteiger partial charge in [0.15, 0.2) is 0 Å². The summed E-state index contributed by atoms with van der Waals surface area (Å²) >= 11 is 5.92. The Morgan fingerprint density at radius 2 is 2.05 bits per heavy atom. The maximum absolute atomic E-state index is 5.92. The number of hydrogen-bond acceptors (Lipinski definition) is 2. The van der Waals surface area contributed by atoms with Crippen molar-refractivity contribution in [1.82, 2.24) is 9.55 Å². The number of ether oxygens (including phenoxy) is 1. The lowest BCUT2D eigenvalue weighted by Crippen LogP contribution is -2.09. The minimum atomic E-state index is 0.144. The van der Waals surface area contributed by atoms with E-state index in [-0.39, 0.29) is 6.10 Å². The van der Waals surface area contributed by atoms with Crippen LogP contribution >= 0.6 is 11.6 Å². The Hall–Kier alpha value is -1.22. The van der Waals surface area contributed by atoms with E-state index in [1.807, 2.05) is 26.0 Å². The van der Waals surface area contributed by atoms with E-state index >= 15 is 0 Å². The molecule has 0 N–H and O–H groups in total. The van der Waals surface area contributed by atoms with E-state index in [0.717, 1.165) is 35.4 Å². The molecule has 2 rings (SSSR count). The molecule has 0 aliphatic heterocycles. The average molecular weight is 295 g/mol. The van der Waals surface area contributed by atoms with Gasteiger partial charge in [-0.2, -0.15) is 0 Å². The van der Waals surface area contributed by atoms with Crippen molar-refractivity contribution in [1.29, 1.82) is 0 Å². The number of aromatic nitrogens is 2. The van der Waals surface area contributed by atoms with E-state index in [9.17, 15) is 0 Å². The smallest absolute Gasteiger partial charge is 0.147 e. The zero-order valence-electron chi connectivity index (χ0n) is 12.7. The van der Waals surface area contributed by atoms with Crippen LogP contribution in [0.15, 0.2) is 18.2 Å². The van der Waals surface area contributed by atoms with Crippen molar-refractivity contribution >= 4 is 22.6 Å². The van der Waals surface area contributed by atoms with Crippen LogP contribution in [0.4, 0.5) is 0 Å². The molecule has 1 aromatic carbocycles. The van der Waals surface area contributed by atoms with Crippen LogP contribution in [0, 0.1) is 0 Å². The number of aryl methyl sites for hydroxylation is 1. The molecule has 110 valence electrons. The van der Waals surface area contributed by atoms with Crippen LogP contribution in [-0.2, 0) is 6.42 Å². The summed E-state index contributed by atoms with van der Waals surface area (Å²) in [5.74, 6) is 2.49. The monoisotopic (exact) mass is 294 g/mol. The Labute approximate surface area is 125 Å². The van der Waals surface area contributed by atoms with Crippen LogP contribution in [-0.4, -0.2) is 21.5 Å². The number of para-hydroxylation sites is 1. The quantitative estimate of drug-likeness (QED) is 0.729. The molecule has 1 unspecified atom stereocenters. The fraction of sp³-hybridized carbons (Fsp3) is 0.562. The second-order valence-corrected chi connectivity index (χ2v) is 5.76. The minimum Gasteiger partial charge on any atom is -0.489 e. The SMILES string of the molecule is CCC(C)n1c(CCCl)nc2c(OC(C)C)cccc21. The molecule has 20 heavy (non-hydrogen) atoms. The number of fused-ring (bicyclic) bond motifs is 1. The molecule has 0 bridgehead atoms. The van der Waals surface area contributed by atoms with Crippen LogP contribution in [0.5, 0.6) is 5.75 Å². The molecule has 0 fully saturated rings. The lowest BCUT2D eigenvalue weighted by molar-refractivity contribution is 0.245. The summed E-state index contributed by atoms with van der Waals surface area (Å²) in [6, 6.07) is 6.54. The van der Waals surface area contributed by atoms with E-state index in [1.54, 1.807) is 0 Å². The van der Waals surface area contributed by atoms with Gasteiger partial charge in [-0.05, 0) is 39.3 Å². The maximum Gasteiger partial charge on any atom is 0.147 e. The van der Waals surface area contributed by atoms with Crippen molar-refractivity contribution < 1.29 is 4.74 Å². The number of alkyl halides is 1. The molecule has 0 aliphatic rings. The summed E-state index contributed by atoms with van der Waals surface area (Å²) in [4.78, 5) is 4.78. The molecule has 1 atom stereocenters. The Bertz CT molecular complexity index is 577. The predicted molar refractivity (Wildman–Crippen MR) is 84.9 cm³/mol. The van der Waals surface area contributed by atoms with Crippen molar-refractivity contribution in [2.75, 3.05) is 5.88 Å². The number of imidazole rings is 1. The summed E-state index contributed by atoms with van der Waals surface area (Å²) in [6.45, 7) is 8.47. The normalized spacial score (nSPS) is 13.1. The predicted octanol–water partition coefficient (Wildman–Crippen LogP) is 4.58. The highest BCUT2D eigenvalue weighted by molar-refractivity contribution is 6.17. The van der Waals surface area contributed by atoms with Gasteiger partial charge < -0.3 is 9.30 Å². The first-order valence-corrected chi connectivity index (χ1v) is 7.84. The standard InChI is InChI=1S/C16H23ClN2O/c1-5-12(4)19-13-7-6-8-14(20-11(2)3)16(13)18-15(19)9-10-17/h6-8,11-12H,5,9-10H2,1-4H3. The topological polar surface area (TPSA) is 27.1 Å². The molecule has 2 aromatic rings. The number of rotatable bonds is 6. The van der Waals surface area contributed by atoms with Gasteiger partial charge in [-0.25, -0.2) is 4.98 Å². The first kappa shape index (κ1) is 15.2. The molecular formula is C16H23ClN2O. The molecule has 0 radical (unpaired) electrons. The van der Waals surface area contributed by atoms with E-state index < -0.39 is 0 Å². The van der Waals surface area contributed by atoms with Crippen LogP contribution in [0.1, 0.15) is 46.0 Å². The first-order valence-electron chi connectivity index (χ1n) is 7.30. The van der Waals surface area contributed by atoms with E-state index in [1.165, 1.54) is 0 Å². The van der Waals surface area contributed by atoms with E-state index in [0.29, 0.717) is 11.9 Å². The maximum atomic E-state index is 5.92. The number of hydrogen-bond donors (Lipinski definition) is 0. The van der Waals surface area contributed by atoms with Gasteiger partial charge in [-0.1, -0.05) is 13.0 Å². The molecule has 0 aliphatic carbocycles. The van der Waals surface area contributed by atoms with Gasteiger partial charge in [-0.15, -0.1) is 11.6 Å². The summed E-state index contributed by atoms with van der Waals surface area (Å²) < 4.78 is 8.18. The van der Waals surface area contributed by atoms with Gasteiger partial charge in [0.2, 0.25) is 0 Å². The minimum absolute atomic E-state index is 0.144. The fourth-order valence-corrected chi connectivity index (χ4v) is 2.59. The van der Waals surface area contributed by atoms with Crippen molar-refractivity contribution in [3.05, 3.63) is 24.0 Å². The van der Waals surface area contributed by atoms with E-state index in [4.69, 9.17) is 21.3 Å². The third-order valence-electron chi connectivity index (χ3n) is 3.47. The fourth-order valence-electron chi connectivity index (χ4n) is 2.42. The molecule has 3 nitrogen and oxygen atoms in total. The molecule has 0 amide bonds. The van der Waals surface area contributed by atoms with Gasteiger partial charge >= 0.3 is 0 Å². The largest absolute Gasteiger partial charge is 0.489 e. The molecule has 1 heterocycles. The number of nitrogens with zero attached hydrogens (tertiary/aromatic N) is 2. The van der Waals surface area contributed by atoms with Crippen molar-refractivity contribution in [2.45, 2.75) is 52.7 Å². The lowest BCUT2D eigenvalue weighted by Gasteiger charge is -2.15. The van der Waals surface area contributed by atoms with Crippen LogP contribution in [0.25, 0.3) is 11.0 Å². The zero-order valence-corrected chi connectivity index (χ0v) is 13.4. The Morgan fingerprint density at radius 1 is 1.30 bits per heavy atom.